The second-order valence-electron chi connectivity index (χ2n) is 5.67. The van der Waals surface area contributed by atoms with Crippen LogP contribution in [0.3, 0.4) is 0 Å². The molecule has 1 fully saturated rings. The number of anilines is 2. The van der Waals surface area contributed by atoms with Crippen LogP contribution in [0.2, 0.25) is 10.0 Å². The molecule has 0 saturated carbocycles. The Morgan fingerprint density at radius 2 is 1.96 bits per heavy atom. The van der Waals surface area contributed by atoms with Gasteiger partial charge in [-0.15, -0.1) is 0 Å². The molecule has 0 atom stereocenters. The number of carbonyl (C=O) groups excluding carboxylic acids is 1. The Balaban J connectivity index is 1.67. The normalized spacial score (nSPS) is 14.2. The predicted octanol–water partition coefficient (Wildman–Crippen LogP) is 3.99. The minimum absolute atomic E-state index is 0.263. The molecule has 1 aliphatic rings. The summed E-state index contributed by atoms with van der Waals surface area (Å²) in [6.45, 7) is 2.25. The van der Waals surface area contributed by atoms with Crippen molar-refractivity contribution in [1.82, 2.24) is 0 Å². The minimum atomic E-state index is -0.432. The maximum Gasteiger partial charge on any atom is 0.262 e. The lowest BCUT2D eigenvalue weighted by molar-refractivity contribution is -0.118. The number of carbonyl (C=O) groups is 1. The van der Waals surface area contributed by atoms with Gasteiger partial charge in [0.2, 0.25) is 0 Å². The summed E-state index contributed by atoms with van der Waals surface area (Å²) in [6, 6.07) is 9.03. The van der Waals surface area contributed by atoms with Crippen molar-refractivity contribution in [2.75, 3.05) is 43.1 Å². The fourth-order valence-electron chi connectivity index (χ4n) is 2.61. The molecule has 1 heterocycles. The predicted molar refractivity (Wildman–Crippen MR) is 100 cm³/mol. The molecule has 1 amide bonds. The summed E-state index contributed by atoms with van der Waals surface area (Å²) >= 11 is 11.8. The third kappa shape index (κ3) is 4.78. The zero-order valence-electron chi connectivity index (χ0n) is 13.8. The van der Waals surface area contributed by atoms with Gasteiger partial charge < -0.3 is 19.7 Å². The van der Waals surface area contributed by atoms with E-state index in [0.29, 0.717) is 47.8 Å². The zero-order chi connectivity index (χ0) is 18.5. The average Bonchev–Trinajstić information content (AvgIpc) is 2.62. The topological polar surface area (TPSA) is 50.8 Å². The van der Waals surface area contributed by atoms with Crippen LogP contribution in [0.15, 0.2) is 36.4 Å². The summed E-state index contributed by atoms with van der Waals surface area (Å²) in [5.41, 5.74) is 1.13. The second kappa shape index (κ2) is 8.58. The molecule has 1 saturated heterocycles. The number of halogens is 3. The minimum Gasteiger partial charge on any atom is -0.482 e. The summed E-state index contributed by atoms with van der Waals surface area (Å²) in [6.07, 6.45) is 0. The zero-order valence-corrected chi connectivity index (χ0v) is 15.3. The Labute approximate surface area is 160 Å². The maximum absolute atomic E-state index is 13.7. The molecule has 0 aliphatic carbocycles. The number of morpholine rings is 1. The van der Waals surface area contributed by atoms with E-state index in [1.807, 2.05) is 4.90 Å². The van der Waals surface area contributed by atoms with Gasteiger partial charge in [-0.05, 0) is 36.4 Å². The Kier molecular flexibility index (Phi) is 6.19. The largest absolute Gasteiger partial charge is 0.482 e. The molecule has 2 aromatic rings. The van der Waals surface area contributed by atoms with Crippen LogP contribution >= 0.6 is 23.2 Å². The quantitative estimate of drug-likeness (QED) is 0.827. The Morgan fingerprint density at radius 3 is 2.69 bits per heavy atom. The highest BCUT2D eigenvalue weighted by atomic mass is 35.5. The summed E-state index contributed by atoms with van der Waals surface area (Å²) in [4.78, 5) is 14.3. The first-order valence-corrected chi connectivity index (χ1v) is 8.78. The highest BCUT2D eigenvalue weighted by Crippen LogP contribution is 2.29. The van der Waals surface area contributed by atoms with E-state index in [2.05, 4.69) is 5.32 Å². The number of nitrogens with one attached hydrogen (secondary N) is 1. The lowest BCUT2D eigenvalue weighted by Gasteiger charge is -2.30. The molecule has 26 heavy (non-hydrogen) atoms. The summed E-state index contributed by atoms with van der Waals surface area (Å²) < 4.78 is 24.4. The summed E-state index contributed by atoms with van der Waals surface area (Å²) in [7, 11) is 0. The lowest BCUT2D eigenvalue weighted by atomic mass is 10.2. The van der Waals surface area contributed by atoms with Crippen molar-refractivity contribution in [3.05, 3.63) is 52.3 Å². The van der Waals surface area contributed by atoms with E-state index >= 15 is 0 Å². The number of rotatable bonds is 5. The highest BCUT2D eigenvalue weighted by Gasteiger charge is 2.17. The highest BCUT2D eigenvalue weighted by molar-refractivity contribution is 6.35. The van der Waals surface area contributed by atoms with Crippen molar-refractivity contribution >= 4 is 40.5 Å². The molecule has 5 nitrogen and oxygen atoms in total. The Morgan fingerprint density at radius 1 is 1.19 bits per heavy atom. The lowest BCUT2D eigenvalue weighted by Crippen LogP contribution is -2.37. The van der Waals surface area contributed by atoms with Crippen LogP contribution in [0.1, 0.15) is 0 Å². The number of hydrogen-bond acceptors (Lipinski definition) is 4. The van der Waals surface area contributed by atoms with E-state index in [-0.39, 0.29) is 6.61 Å². The van der Waals surface area contributed by atoms with Crippen molar-refractivity contribution in [1.29, 1.82) is 0 Å². The molecule has 2 aromatic carbocycles. The van der Waals surface area contributed by atoms with E-state index in [1.165, 1.54) is 18.2 Å². The smallest absolute Gasteiger partial charge is 0.262 e. The van der Waals surface area contributed by atoms with Gasteiger partial charge in [0.1, 0.15) is 11.6 Å². The van der Waals surface area contributed by atoms with Crippen molar-refractivity contribution < 1.29 is 18.7 Å². The van der Waals surface area contributed by atoms with Crippen molar-refractivity contribution in [3.63, 3.8) is 0 Å². The molecule has 0 radical (unpaired) electrons. The van der Waals surface area contributed by atoms with Gasteiger partial charge in [-0.2, -0.15) is 0 Å². The molecule has 0 bridgehead atoms. The van der Waals surface area contributed by atoms with E-state index in [9.17, 15) is 9.18 Å². The number of hydrogen-bond donors (Lipinski definition) is 1. The van der Waals surface area contributed by atoms with Crippen LogP contribution in [-0.2, 0) is 9.53 Å². The monoisotopic (exact) mass is 398 g/mol. The van der Waals surface area contributed by atoms with Crippen LogP contribution in [0.5, 0.6) is 5.75 Å². The van der Waals surface area contributed by atoms with Gasteiger partial charge in [-0.3, -0.25) is 4.79 Å². The number of amides is 1. The number of nitrogens with zero attached hydrogens (tertiary/aromatic N) is 1. The fraction of sp³-hybridized carbons (Fsp3) is 0.278. The van der Waals surface area contributed by atoms with E-state index in [0.717, 1.165) is 5.69 Å². The van der Waals surface area contributed by atoms with E-state index in [1.54, 1.807) is 18.2 Å². The van der Waals surface area contributed by atoms with Gasteiger partial charge in [-0.1, -0.05) is 23.2 Å². The van der Waals surface area contributed by atoms with Gasteiger partial charge >= 0.3 is 0 Å². The van der Waals surface area contributed by atoms with Crippen LogP contribution in [0.25, 0.3) is 0 Å². The number of benzene rings is 2. The van der Waals surface area contributed by atoms with Crippen LogP contribution in [0.4, 0.5) is 15.8 Å². The average molecular weight is 399 g/mol. The first-order valence-electron chi connectivity index (χ1n) is 8.03. The first kappa shape index (κ1) is 18.8. The Hall–Kier alpha value is -2.02. The maximum atomic E-state index is 13.7. The van der Waals surface area contributed by atoms with Crippen LogP contribution < -0.4 is 15.0 Å². The summed E-state index contributed by atoms with van der Waals surface area (Å²) in [5.74, 6) is -0.506. The summed E-state index contributed by atoms with van der Waals surface area (Å²) in [5, 5.41) is 3.48. The molecule has 1 N–H and O–H groups in total. The standard InChI is InChI=1S/C18H17Cl2FN2O3/c19-12-1-4-17(14(20)9-12)26-11-18(24)22-15-10-13(21)2-3-16(15)23-5-7-25-8-6-23/h1-4,9-10H,5-8,11H2,(H,22,24). The van der Waals surface area contributed by atoms with E-state index < -0.39 is 11.7 Å². The Bertz CT molecular complexity index is 798. The van der Waals surface area contributed by atoms with Gasteiger partial charge in [0.15, 0.2) is 6.61 Å². The molecule has 0 spiro atoms. The third-order valence-electron chi connectivity index (χ3n) is 3.84. The van der Waals surface area contributed by atoms with E-state index in [4.69, 9.17) is 32.7 Å². The third-order valence-corrected chi connectivity index (χ3v) is 4.37. The van der Waals surface area contributed by atoms with Crippen molar-refractivity contribution in [3.8, 4) is 5.75 Å². The molecule has 8 heteroatoms. The van der Waals surface area contributed by atoms with Gasteiger partial charge in [0.25, 0.3) is 5.91 Å². The number of ether oxygens (including phenoxy) is 2. The first-order chi connectivity index (χ1) is 12.5. The van der Waals surface area contributed by atoms with Gasteiger partial charge in [-0.25, -0.2) is 4.39 Å². The van der Waals surface area contributed by atoms with Crippen LogP contribution in [-0.4, -0.2) is 38.8 Å². The molecule has 1 aliphatic heterocycles. The molecule has 0 unspecified atom stereocenters. The SMILES string of the molecule is O=C(COc1ccc(Cl)cc1Cl)Nc1cc(F)ccc1N1CCOCC1. The molecule has 3 rings (SSSR count). The van der Waals surface area contributed by atoms with Crippen molar-refractivity contribution in [2.45, 2.75) is 0 Å². The van der Waals surface area contributed by atoms with Crippen LogP contribution in [0, 0.1) is 5.82 Å². The molecule has 0 aromatic heterocycles. The van der Waals surface area contributed by atoms with Crippen molar-refractivity contribution in [2.24, 2.45) is 0 Å². The second-order valence-corrected chi connectivity index (χ2v) is 6.52. The fourth-order valence-corrected chi connectivity index (χ4v) is 3.07. The molecular weight excluding hydrogens is 382 g/mol. The molecular formula is C18H17Cl2FN2O3. The molecule has 138 valence electrons. The van der Waals surface area contributed by atoms with Gasteiger partial charge in [0, 0.05) is 18.1 Å². The van der Waals surface area contributed by atoms with Gasteiger partial charge in [0.05, 0.1) is 29.6 Å².